The van der Waals surface area contributed by atoms with Crippen molar-refractivity contribution in [1.29, 1.82) is 0 Å². The number of halogens is 1. The Morgan fingerprint density at radius 3 is 2.67 bits per heavy atom. The molecule has 0 saturated carbocycles. The monoisotopic (exact) mass is 351 g/mol. The largest absolute Gasteiger partial charge is 0.390 e. The van der Waals surface area contributed by atoms with Crippen LogP contribution < -0.4 is 0 Å². The van der Waals surface area contributed by atoms with E-state index in [9.17, 15) is 14.7 Å². The van der Waals surface area contributed by atoms with Gasteiger partial charge in [0, 0.05) is 23.0 Å². The molecule has 0 spiro atoms. The van der Waals surface area contributed by atoms with E-state index in [1.807, 2.05) is 12.1 Å². The van der Waals surface area contributed by atoms with Crippen LogP contribution in [-0.2, 0) is 4.79 Å². The maximum absolute atomic E-state index is 12.6. The Hall–Kier alpha value is -1.20. The first-order valence-electron chi connectivity index (χ1n) is 7.16. The minimum atomic E-state index is -0.895. The van der Waals surface area contributed by atoms with Gasteiger partial charge in [0.2, 0.25) is 5.91 Å². The molecule has 2 atom stereocenters. The summed E-state index contributed by atoms with van der Waals surface area (Å²) in [5.41, 5.74) is 0.462. The second-order valence-corrected chi connectivity index (χ2v) is 7.28. The number of carbonyl (C=O) groups excluding carboxylic acids is 2. The van der Waals surface area contributed by atoms with Gasteiger partial charge in [-0.2, -0.15) is 0 Å². The van der Waals surface area contributed by atoms with Crippen molar-refractivity contribution in [3.8, 4) is 0 Å². The fourth-order valence-electron chi connectivity index (χ4n) is 3.33. The maximum atomic E-state index is 12.6. The van der Waals surface area contributed by atoms with Crippen molar-refractivity contribution in [2.24, 2.45) is 5.41 Å². The standard InChI is InChI=1S/C16H18BrNO3/c1-16(2)14(20)10-6-5-9(17)8-11(10)13(15(16)21)18-7-3-4-12(18)19/h5-6,8,13,15,21H,3-4,7H2,1-2H3/t13-,15+/m0/s1. The summed E-state index contributed by atoms with van der Waals surface area (Å²) in [5.74, 6) is -0.0180. The summed E-state index contributed by atoms with van der Waals surface area (Å²) in [4.78, 5) is 26.5. The van der Waals surface area contributed by atoms with Gasteiger partial charge in [0.05, 0.1) is 17.6 Å². The van der Waals surface area contributed by atoms with Crippen LogP contribution in [0.5, 0.6) is 0 Å². The van der Waals surface area contributed by atoms with Gasteiger partial charge < -0.3 is 10.0 Å². The molecule has 0 unspecified atom stereocenters. The number of carbonyl (C=O) groups is 2. The zero-order valence-electron chi connectivity index (χ0n) is 12.1. The zero-order chi connectivity index (χ0) is 15.4. The third-order valence-corrected chi connectivity index (χ3v) is 5.14. The predicted molar refractivity (Wildman–Crippen MR) is 81.9 cm³/mol. The number of benzene rings is 1. The van der Waals surface area contributed by atoms with Gasteiger partial charge in [-0.3, -0.25) is 9.59 Å². The minimum Gasteiger partial charge on any atom is -0.390 e. The van der Waals surface area contributed by atoms with E-state index in [-0.39, 0.29) is 11.7 Å². The molecule has 1 N–H and O–H groups in total. The van der Waals surface area contributed by atoms with Crippen molar-refractivity contribution in [3.63, 3.8) is 0 Å². The first kappa shape index (κ1) is 14.7. The number of aliphatic hydroxyl groups is 1. The number of amides is 1. The topological polar surface area (TPSA) is 57.6 Å². The Morgan fingerprint density at radius 2 is 2.05 bits per heavy atom. The third kappa shape index (κ3) is 2.14. The molecule has 3 rings (SSSR count). The number of hydrogen-bond acceptors (Lipinski definition) is 3. The first-order valence-corrected chi connectivity index (χ1v) is 7.95. The van der Waals surface area contributed by atoms with Crippen LogP contribution in [0.1, 0.15) is 48.7 Å². The highest BCUT2D eigenvalue weighted by Crippen LogP contribution is 2.45. The van der Waals surface area contributed by atoms with Crippen molar-refractivity contribution >= 4 is 27.6 Å². The third-order valence-electron chi connectivity index (χ3n) is 4.65. The molecule has 1 heterocycles. The fourth-order valence-corrected chi connectivity index (χ4v) is 3.71. The predicted octanol–water partition coefficient (Wildman–Crippen LogP) is 2.70. The van der Waals surface area contributed by atoms with Crippen LogP contribution in [0.2, 0.25) is 0 Å². The first-order chi connectivity index (χ1) is 9.84. The molecule has 112 valence electrons. The summed E-state index contributed by atoms with van der Waals surface area (Å²) in [6.45, 7) is 4.13. The lowest BCUT2D eigenvalue weighted by atomic mass is 9.68. The molecule has 1 aliphatic heterocycles. The Kier molecular flexibility index (Phi) is 3.45. The Bertz CT molecular complexity index is 626. The van der Waals surface area contributed by atoms with E-state index in [2.05, 4.69) is 15.9 Å². The number of fused-ring (bicyclic) bond motifs is 1. The highest BCUT2D eigenvalue weighted by molar-refractivity contribution is 9.10. The van der Waals surface area contributed by atoms with E-state index in [0.717, 1.165) is 16.5 Å². The van der Waals surface area contributed by atoms with E-state index in [1.165, 1.54) is 0 Å². The van der Waals surface area contributed by atoms with Gasteiger partial charge in [-0.1, -0.05) is 15.9 Å². The Balaban J connectivity index is 2.18. The molecule has 1 saturated heterocycles. The van der Waals surface area contributed by atoms with Crippen molar-refractivity contribution in [3.05, 3.63) is 33.8 Å². The molecule has 21 heavy (non-hydrogen) atoms. The van der Waals surface area contributed by atoms with E-state index in [0.29, 0.717) is 18.5 Å². The van der Waals surface area contributed by atoms with Gasteiger partial charge >= 0.3 is 0 Å². The van der Waals surface area contributed by atoms with Gasteiger partial charge in [0.25, 0.3) is 0 Å². The quantitative estimate of drug-likeness (QED) is 0.846. The maximum Gasteiger partial charge on any atom is 0.223 e. The van der Waals surface area contributed by atoms with Crippen LogP contribution in [-0.4, -0.2) is 34.3 Å². The number of hydrogen-bond donors (Lipinski definition) is 1. The zero-order valence-corrected chi connectivity index (χ0v) is 13.7. The smallest absolute Gasteiger partial charge is 0.223 e. The summed E-state index contributed by atoms with van der Waals surface area (Å²) >= 11 is 3.41. The molecule has 4 nitrogen and oxygen atoms in total. The summed E-state index contributed by atoms with van der Waals surface area (Å²) in [6.07, 6.45) is 0.426. The van der Waals surface area contributed by atoms with Crippen LogP contribution in [0.15, 0.2) is 22.7 Å². The number of aliphatic hydroxyl groups excluding tert-OH is 1. The van der Waals surface area contributed by atoms with Gasteiger partial charge in [-0.05, 0) is 44.0 Å². The molecule has 0 radical (unpaired) electrons. The lowest BCUT2D eigenvalue weighted by Gasteiger charge is -2.44. The molecule has 1 aromatic carbocycles. The SMILES string of the molecule is CC1(C)C(=O)c2ccc(Br)cc2[C@H](N2CCCC2=O)[C@H]1O. The van der Waals surface area contributed by atoms with E-state index in [1.54, 1.807) is 24.8 Å². The lowest BCUT2D eigenvalue weighted by Crippen LogP contribution is -2.51. The number of rotatable bonds is 1. The Labute approximate surface area is 132 Å². The van der Waals surface area contributed by atoms with E-state index in [4.69, 9.17) is 0 Å². The van der Waals surface area contributed by atoms with Crippen LogP contribution in [0.3, 0.4) is 0 Å². The van der Waals surface area contributed by atoms with Crippen LogP contribution >= 0.6 is 15.9 Å². The number of nitrogens with zero attached hydrogens (tertiary/aromatic N) is 1. The average Bonchev–Trinajstić information content (AvgIpc) is 2.83. The van der Waals surface area contributed by atoms with E-state index < -0.39 is 17.6 Å². The fraction of sp³-hybridized carbons (Fsp3) is 0.500. The molecule has 1 aromatic rings. The molecule has 2 aliphatic rings. The second kappa shape index (κ2) is 4.92. The molecule has 1 amide bonds. The summed E-state index contributed by atoms with van der Waals surface area (Å²) < 4.78 is 0.845. The molecule has 0 aromatic heterocycles. The van der Waals surface area contributed by atoms with Gasteiger partial charge in [0.15, 0.2) is 5.78 Å². The number of likely N-dealkylation sites (tertiary alicyclic amines) is 1. The number of ketones is 1. The molecule has 1 fully saturated rings. The van der Waals surface area contributed by atoms with Crippen molar-refractivity contribution < 1.29 is 14.7 Å². The molecular weight excluding hydrogens is 334 g/mol. The van der Waals surface area contributed by atoms with Crippen LogP contribution in [0.4, 0.5) is 0 Å². The second-order valence-electron chi connectivity index (χ2n) is 6.36. The van der Waals surface area contributed by atoms with Crippen molar-refractivity contribution in [2.75, 3.05) is 6.54 Å². The van der Waals surface area contributed by atoms with Gasteiger partial charge in [0.1, 0.15) is 0 Å². The van der Waals surface area contributed by atoms with Crippen LogP contribution in [0, 0.1) is 5.41 Å². The van der Waals surface area contributed by atoms with Crippen molar-refractivity contribution in [1.82, 2.24) is 4.90 Å². The van der Waals surface area contributed by atoms with Crippen molar-refractivity contribution in [2.45, 2.75) is 38.8 Å². The lowest BCUT2D eigenvalue weighted by molar-refractivity contribution is -0.134. The highest BCUT2D eigenvalue weighted by atomic mass is 79.9. The Morgan fingerprint density at radius 1 is 1.33 bits per heavy atom. The normalized spacial score (nSPS) is 27.9. The minimum absolute atomic E-state index is 0.0510. The molecule has 1 aliphatic carbocycles. The average molecular weight is 352 g/mol. The van der Waals surface area contributed by atoms with Gasteiger partial charge in [-0.15, -0.1) is 0 Å². The molecule has 0 bridgehead atoms. The van der Waals surface area contributed by atoms with E-state index >= 15 is 0 Å². The molecule has 5 heteroatoms. The summed E-state index contributed by atoms with van der Waals surface area (Å²) in [6, 6.07) is 5.01. The summed E-state index contributed by atoms with van der Waals surface area (Å²) in [5, 5.41) is 10.8. The summed E-state index contributed by atoms with van der Waals surface area (Å²) in [7, 11) is 0. The number of Topliss-reactive ketones (excluding diaryl/α,β-unsaturated/α-hetero) is 1. The highest BCUT2D eigenvalue weighted by Gasteiger charge is 2.50. The van der Waals surface area contributed by atoms with Crippen LogP contribution in [0.25, 0.3) is 0 Å². The van der Waals surface area contributed by atoms with Gasteiger partial charge in [-0.25, -0.2) is 0 Å². The molecular formula is C16H18BrNO3.